The van der Waals surface area contributed by atoms with Crippen LogP contribution < -0.4 is 0 Å². The van der Waals surface area contributed by atoms with Crippen LogP contribution >= 0.6 is 12.6 Å². The molecule has 0 aliphatic carbocycles. The Morgan fingerprint density at radius 1 is 1.50 bits per heavy atom. The van der Waals surface area contributed by atoms with E-state index in [4.69, 9.17) is 9.47 Å². The molecule has 2 atom stereocenters. The van der Waals surface area contributed by atoms with E-state index >= 15 is 0 Å². The monoisotopic (exact) mass is 164 g/mol. The zero-order chi connectivity index (χ0) is 7.98. The molecule has 0 bridgehead atoms. The lowest BCUT2D eigenvalue weighted by Gasteiger charge is -2.16. The summed E-state index contributed by atoms with van der Waals surface area (Å²) in [5, 5.41) is 0. The molecule has 10 heavy (non-hydrogen) atoms. The Morgan fingerprint density at radius 3 is 2.40 bits per heavy atom. The molecule has 0 fully saturated rings. The Balaban J connectivity index is 3.39. The highest BCUT2D eigenvalue weighted by Gasteiger charge is 2.07. The van der Waals surface area contributed by atoms with Gasteiger partial charge in [-0.1, -0.05) is 13.3 Å². The van der Waals surface area contributed by atoms with Crippen LogP contribution in [0.25, 0.3) is 0 Å². The first-order chi connectivity index (χ1) is 4.70. The van der Waals surface area contributed by atoms with Crippen LogP contribution in [0.3, 0.4) is 0 Å². The Morgan fingerprint density at radius 2 is 2.10 bits per heavy atom. The van der Waals surface area contributed by atoms with Crippen LogP contribution in [0.4, 0.5) is 0 Å². The minimum Gasteiger partial charge on any atom is -0.356 e. The van der Waals surface area contributed by atoms with Crippen LogP contribution in [0.1, 0.15) is 26.7 Å². The number of ether oxygens (including phenoxy) is 2. The molecule has 0 saturated heterocycles. The lowest BCUT2D eigenvalue weighted by atomic mass is 10.3. The van der Waals surface area contributed by atoms with Crippen molar-refractivity contribution in [3.63, 3.8) is 0 Å². The minimum atomic E-state index is -0.0856. The van der Waals surface area contributed by atoms with Gasteiger partial charge in [0.2, 0.25) is 0 Å². The van der Waals surface area contributed by atoms with E-state index in [0.29, 0.717) is 0 Å². The van der Waals surface area contributed by atoms with Crippen molar-refractivity contribution in [1.82, 2.24) is 0 Å². The van der Waals surface area contributed by atoms with E-state index in [2.05, 4.69) is 19.6 Å². The fraction of sp³-hybridized carbons (Fsp3) is 1.00. The summed E-state index contributed by atoms with van der Waals surface area (Å²) in [6.07, 6.45) is 1.91. The Kier molecular flexibility index (Phi) is 6.17. The van der Waals surface area contributed by atoms with Crippen LogP contribution in [0.5, 0.6) is 0 Å². The molecular weight excluding hydrogens is 148 g/mol. The predicted molar refractivity (Wildman–Crippen MR) is 45.2 cm³/mol. The molecule has 2 nitrogen and oxygen atoms in total. The van der Waals surface area contributed by atoms with Crippen molar-refractivity contribution >= 4 is 12.6 Å². The van der Waals surface area contributed by atoms with Gasteiger partial charge in [0.15, 0.2) is 6.29 Å². The topological polar surface area (TPSA) is 18.5 Å². The first-order valence-electron chi connectivity index (χ1n) is 3.57. The molecule has 0 saturated carbocycles. The summed E-state index contributed by atoms with van der Waals surface area (Å²) in [6.45, 7) is 3.98. The van der Waals surface area contributed by atoms with E-state index in [1.807, 2.05) is 6.92 Å². The van der Waals surface area contributed by atoms with Crippen molar-refractivity contribution in [3.8, 4) is 0 Å². The Labute approximate surface area is 68.3 Å². The minimum absolute atomic E-state index is 0.0449. The van der Waals surface area contributed by atoms with Gasteiger partial charge in [0.05, 0.1) is 0 Å². The number of thiol groups is 1. The maximum atomic E-state index is 5.28. The fourth-order valence-corrected chi connectivity index (χ4v) is 0.833. The van der Waals surface area contributed by atoms with Gasteiger partial charge in [-0.05, 0) is 13.3 Å². The zero-order valence-electron chi connectivity index (χ0n) is 6.83. The molecule has 0 amide bonds. The van der Waals surface area contributed by atoms with E-state index in [1.54, 1.807) is 7.11 Å². The van der Waals surface area contributed by atoms with Crippen LogP contribution in [0, 0.1) is 0 Å². The molecule has 0 aromatic carbocycles. The van der Waals surface area contributed by atoms with Gasteiger partial charge in [0.25, 0.3) is 0 Å². The maximum Gasteiger partial charge on any atom is 0.158 e. The number of hydrogen-bond acceptors (Lipinski definition) is 3. The van der Waals surface area contributed by atoms with E-state index < -0.39 is 0 Å². The second-order valence-electron chi connectivity index (χ2n) is 2.19. The average Bonchev–Trinajstić information content (AvgIpc) is 1.86. The summed E-state index contributed by atoms with van der Waals surface area (Å²) in [4.78, 5) is 0. The summed E-state index contributed by atoms with van der Waals surface area (Å²) in [6, 6.07) is 0. The number of rotatable bonds is 5. The van der Waals surface area contributed by atoms with Crippen LogP contribution in [0.2, 0.25) is 0 Å². The molecule has 0 aliphatic rings. The van der Waals surface area contributed by atoms with Crippen LogP contribution in [0.15, 0.2) is 0 Å². The van der Waals surface area contributed by atoms with E-state index in [1.165, 1.54) is 0 Å². The van der Waals surface area contributed by atoms with Crippen molar-refractivity contribution in [2.45, 2.75) is 38.4 Å². The summed E-state index contributed by atoms with van der Waals surface area (Å²) in [5.41, 5.74) is -0.0449. The smallest absolute Gasteiger partial charge is 0.158 e. The van der Waals surface area contributed by atoms with Gasteiger partial charge in [-0.3, -0.25) is 0 Å². The molecular formula is C7H16O2S. The quantitative estimate of drug-likeness (QED) is 0.495. The summed E-state index contributed by atoms with van der Waals surface area (Å²) in [5.74, 6) is 0. The normalized spacial score (nSPS) is 16.8. The highest BCUT2D eigenvalue weighted by molar-refractivity contribution is 7.80. The van der Waals surface area contributed by atoms with Crippen LogP contribution in [-0.2, 0) is 9.47 Å². The highest BCUT2D eigenvalue weighted by Crippen LogP contribution is 2.07. The van der Waals surface area contributed by atoms with Gasteiger partial charge in [0, 0.05) is 7.11 Å². The van der Waals surface area contributed by atoms with Crippen molar-refractivity contribution in [2.24, 2.45) is 0 Å². The Bertz CT molecular complexity index is 76.0. The van der Waals surface area contributed by atoms with Gasteiger partial charge < -0.3 is 9.47 Å². The molecule has 0 aliphatic heterocycles. The maximum absolute atomic E-state index is 5.28. The molecule has 0 aromatic rings. The SMILES string of the molecule is CCCC(OC)OC(C)S. The van der Waals surface area contributed by atoms with Gasteiger partial charge in [-0.25, -0.2) is 0 Å². The van der Waals surface area contributed by atoms with Gasteiger partial charge >= 0.3 is 0 Å². The first kappa shape index (κ1) is 10.3. The lowest BCUT2D eigenvalue weighted by Crippen LogP contribution is -2.18. The average molecular weight is 164 g/mol. The van der Waals surface area contributed by atoms with Gasteiger partial charge in [-0.2, -0.15) is 0 Å². The van der Waals surface area contributed by atoms with E-state index in [-0.39, 0.29) is 11.7 Å². The summed E-state index contributed by atoms with van der Waals surface area (Å²) >= 11 is 4.08. The molecule has 62 valence electrons. The van der Waals surface area contributed by atoms with Crippen molar-refractivity contribution in [2.75, 3.05) is 7.11 Å². The molecule has 0 aromatic heterocycles. The van der Waals surface area contributed by atoms with Gasteiger partial charge in [0.1, 0.15) is 5.44 Å². The summed E-state index contributed by atoms with van der Waals surface area (Å²) in [7, 11) is 1.65. The standard InChI is InChI=1S/C7H16O2S/c1-4-5-7(8-3)9-6(2)10/h6-7,10H,4-5H2,1-3H3. The molecule has 0 radical (unpaired) electrons. The molecule has 0 N–H and O–H groups in total. The van der Waals surface area contributed by atoms with Crippen molar-refractivity contribution < 1.29 is 9.47 Å². The first-order valence-corrected chi connectivity index (χ1v) is 4.08. The van der Waals surface area contributed by atoms with E-state index in [9.17, 15) is 0 Å². The van der Waals surface area contributed by atoms with Crippen molar-refractivity contribution in [1.29, 1.82) is 0 Å². The third-order valence-corrected chi connectivity index (χ3v) is 1.26. The predicted octanol–water partition coefficient (Wildman–Crippen LogP) is 2.05. The molecule has 3 heteroatoms. The highest BCUT2D eigenvalue weighted by atomic mass is 32.1. The zero-order valence-corrected chi connectivity index (χ0v) is 7.73. The molecule has 0 heterocycles. The second kappa shape index (κ2) is 6.01. The van der Waals surface area contributed by atoms with E-state index in [0.717, 1.165) is 12.8 Å². The largest absolute Gasteiger partial charge is 0.356 e. The third-order valence-electron chi connectivity index (χ3n) is 1.14. The molecule has 2 unspecified atom stereocenters. The second-order valence-corrected chi connectivity index (χ2v) is 2.92. The third kappa shape index (κ3) is 5.09. The molecule has 0 spiro atoms. The number of methoxy groups -OCH3 is 1. The fourth-order valence-electron chi connectivity index (χ4n) is 0.697. The Hall–Kier alpha value is 0.270. The number of hydrogen-bond donors (Lipinski definition) is 1. The summed E-state index contributed by atoms with van der Waals surface area (Å²) < 4.78 is 10.3. The lowest BCUT2D eigenvalue weighted by molar-refractivity contribution is -0.132. The van der Waals surface area contributed by atoms with Gasteiger partial charge in [-0.15, -0.1) is 12.6 Å². The van der Waals surface area contributed by atoms with Crippen molar-refractivity contribution in [3.05, 3.63) is 0 Å². The van der Waals surface area contributed by atoms with Crippen LogP contribution in [-0.4, -0.2) is 18.8 Å². The molecule has 0 rings (SSSR count).